The fourth-order valence-corrected chi connectivity index (χ4v) is 2.35. The molecule has 0 radical (unpaired) electrons. The second-order valence-electron chi connectivity index (χ2n) is 4.86. The average Bonchev–Trinajstić information content (AvgIpc) is 2.18. The van der Waals surface area contributed by atoms with Crippen LogP contribution in [0.25, 0.3) is 0 Å². The molecule has 6 heteroatoms. The van der Waals surface area contributed by atoms with Gasteiger partial charge in [0, 0.05) is 20.2 Å². The molecule has 1 amide bonds. The molecular weight excluding hydrogens is 238 g/mol. The summed E-state index contributed by atoms with van der Waals surface area (Å²) in [5.74, 6) is -1.68. The minimum atomic E-state index is -0.854. The predicted molar refractivity (Wildman–Crippen MR) is 62.0 cm³/mol. The van der Waals surface area contributed by atoms with Gasteiger partial charge in [-0.05, 0) is 12.8 Å². The van der Waals surface area contributed by atoms with Crippen LogP contribution >= 0.6 is 0 Å². The molecule has 6 nitrogen and oxygen atoms in total. The van der Waals surface area contributed by atoms with Gasteiger partial charge in [0.2, 0.25) is 5.91 Å². The number of ether oxygens (including phenoxy) is 2. The topological polar surface area (TPSA) is 76.1 Å². The minimum absolute atomic E-state index is 0.0276. The number of carbonyl (C=O) groups is 2. The Labute approximate surface area is 106 Å². The van der Waals surface area contributed by atoms with E-state index in [4.69, 9.17) is 14.6 Å². The first-order valence-corrected chi connectivity index (χ1v) is 6.25. The van der Waals surface area contributed by atoms with Gasteiger partial charge in [0.05, 0.1) is 31.2 Å². The number of hydrogen-bond donors (Lipinski definition) is 1. The Morgan fingerprint density at radius 1 is 1.22 bits per heavy atom. The van der Waals surface area contributed by atoms with Gasteiger partial charge in [-0.3, -0.25) is 9.59 Å². The van der Waals surface area contributed by atoms with Crippen LogP contribution in [0.1, 0.15) is 12.8 Å². The van der Waals surface area contributed by atoms with Crippen LogP contribution in [0, 0.1) is 11.8 Å². The Bertz CT molecular complexity index is 326. The molecule has 1 aliphatic carbocycles. The molecule has 1 N–H and O–H groups in total. The second-order valence-corrected chi connectivity index (χ2v) is 4.86. The third kappa shape index (κ3) is 2.64. The molecule has 0 aromatic rings. The van der Waals surface area contributed by atoms with E-state index in [0.717, 1.165) is 0 Å². The molecule has 1 saturated heterocycles. The number of amides is 1. The summed E-state index contributed by atoms with van der Waals surface area (Å²) in [4.78, 5) is 24.5. The lowest BCUT2D eigenvalue weighted by atomic mass is 9.72. The number of carboxylic acids is 1. The highest BCUT2D eigenvalue weighted by Gasteiger charge is 2.45. The van der Waals surface area contributed by atoms with Gasteiger partial charge >= 0.3 is 5.97 Å². The van der Waals surface area contributed by atoms with Crippen LogP contribution in [-0.4, -0.2) is 61.4 Å². The maximum Gasteiger partial charge on any atom is 0.307 e. The lowest BCUT2D eigenvalue weighted by Gasteiger charge is -2.43. The maximum atomic E-state index is 12.0. The standard InChI is InChI=1S/C12H19NO5/c1-17-4-5-18-8-6-13(7-8)11(14)9-2-3-10(9)12(15)16/h8-10H,2-7H2,1H3,(H,15,16). The number of carbonyl (C=O) groups excluding carboxylic acids is 1. The Balaban J connectivity index is 1.69. The lowest BCUT2D eigenvalue weighted by Crippen LogP contribution is -2.58. The van der Waals surface area contributed by atoms with E-state index < -0.39 is 11.9 Å². The smallest absolute Gasteiger partial charge is 0.307 e. The van der Waals surface area contributed by atoms with Crippen molar-refractivity contribution in [2.45, 2.75) is 18.9 Å². The van der Waals surface area contributed by atoms with Crippen molar-refractivity contribution >= 4 is 11.9 Å². The molecule has 1 aliphatic heterocycles. The highest BCUT2D eigenvalue weighted by Crippen LogP contribution is 2.36. The Morgan fingerprint density at radius 3 is 2.39 bits per heavy atom. The van der Waals surface area contributed by atoms with E-state index in [9.17, 15) is 9.59 Å². The zero-order valence-corrected chi connectivity index (χ0v) is 10.5. The fourth-order valence-electron chi connectivity index (χ4n) is 2.35. The first-order chi connectivity index (χ1) is 8.63. The molecule has 0 aromatic carbocycles. The first-order valence-electron chi connectivity index (χ1n) is 6.25. The monoisotopic (exact) mass is 257 g/mol. The third-order valence-corrected chi connectivity index (χ3v) is 3.71. The molecule has 2 fully saturated rings. The fraction of sp³-hybridized carbons (Fsp3) is 0.833. The molecule has 0 bridgehead atoms. The summed E-state index contributed by atoms with van der Waals surface area (Å²) in [7, 11) is 1.61. The number of carboxylic acid groups (broad SMARTS) is 1. The van der Waals surface area contributed by atoms with Gasteiger partial charge in [-0.15, -0.1) is 0 Å². The number of likely N-dealkylation sites (tertiary alicyclic amines) is 1. The lowest BCUT2D eigenvalue weighted by molar-refractivity contribution is -0.164. The van der Waals surface area contributed by atoms with Crippen molar-refractivity contribution in [3.05, 3.63) is 0 Å². The van der Waals surface area contributed by atoms with Crippen LogP contribution in [-0.2, 0) is 19.1 Å². The molecule has 2 atom stereocenters. The van der Waals surface area contributed by atoms with Crippen molar-refractivity contribution < 1.29 is 24.2 Å². The van der Waals surface area contributed by atoms with Crippen LogP contribution in [0.2, 0.25) is 0 Å². The molecule has 2 rings (SSSR count). The van der Waals surface area contributed by atoms with E-state index in [-0.39, 0.29) is 17.9 Å². The van der Waals surface area contributed by atoms with E-state index in [0.29, 0.717) is 39.1 Å². The quantitative estimate of drug-likeness (QED) is 0.676. The van der Waals surface area contributed by atoms with Gasteiger partial charge in [0.25, 0.3) is 0 Å². The molecule has 1 heterocycles. The average molecular weight is 257 g/mol. The Morgan fingerprint density at radius 2 is 1.89 bits per heavy atom. The number of rotatable bonds is 6. The van der Waals surface area contributed by atoms with Gasteiger partial charge in [0.1, 0.15) is 0 Å². The Hall–Kier alpha value is -1.14. The molecular formula is C12H19NO5. The third-order valence-electron chi connectivity index (χ3n) is 3.71. The number of hydrogen-bond acceptors (Lipinski definition) is 4. The zero-order valence-electron chi connectivity index (χ0n) is 10.5. The molecule has 102 valence electrons. The summed E-state index contributed by atoms with van der Waals surface area (Å²) in [6.45, 7) is 2.23. The number of methoxy groups -OCH3 is 1. The van der Waals surface area contributed by atoms with Crippen molar-refractivity contribution in [2.75, 3.05) is 33.4 Å². The van der Waals surface area contributed by atoms with Crippen LogP contribution in [0.4, 0.5) is 0 Å². The second kappa shape index (κ2) is 5.67. The highest BCUT2D eigenvalue weighted by atomic mass is 16.5. The van der Waals surface area contributed by atoms with Gasteiger partial charge in [0.15, 0.2) is 0 Å². The number of aliphatic carboxylic acids is 1. The van der Waals surface area contributed by atoms with Crippen molar-refractivity contribution in [1.29, 1.82) is 0 Å². The molecule has 0 aromatic heterocycles. The molecule has 0 spiro atoms. The molecule has 18 heavy (non-hydrogen) atoms. The van der Waals surface area contributed by atoms with Crippen molar-refractivity contribution in [2.24, 2.45) is 11.8 Å². The summed E-state index contributed by atoms with van der Waals surface area (Å²) in [5, 5.41) is 8.91. The summed E-state index contributed by atoms with van der Waals surface area (Å²) >= 11 is 0. The Kier molecular flexibility index (Phi) is 4.19. The first kappa shape index (κ1) is 13.3. The van der Waals surface area contributed by atoms with Gasteiger partial charge < -0.3 is 19.5 Å². The van der Waals surface area contributed by atoms with Gasteiger partial charge in [-0.2, -0.15) is 0 Å². The summed E-state index contributed by atoms with van der Waals surface area (Å²) in [5.41, 5.74) is 0. The summed E-state index contributed by atoms with van der Waals surface area (Å²) in [6, 6.07) is 0. The van der Waals surface area contributed by atoms with Crippen LogP contribution in [0.5, 0.6) is 0 Å². The van der Waals surface area contributed by atoms with Crippen LogP contribution in [0.3, 0.4) is 0 Å². The summed E-state index contributed by atoms with van der Waals surface area (Å²) in [6.07, 6.45) is 1.39. The predicted octanol–water partition coefficient (Wildman–Crippen LogP) is -0.0290. The van der Waals surface area contributed by atoms with E-state index in [2.05, 4.69) is 0 Å². The molecule has 2 unspecified atom stereocenters. The van der Waals surface area contributed by atoms with Crippen molar-refractivity contribution in [1.82, 2.24) is 4.90 Å². The number of nitrogens with zero attached hydrogens (tertiary/aromatic N) is 1. The molecule has 2 aliphatic rings. The van der Waals surface area contributed by atoms with Gasteiger partial charge in [-0.25, -0.2) is 0 Å². The van der Waals surface area contributed by atoms with Crippen LogP contribution in [0.15, 0.2) is 0 Å². The minimum Gasteiger partial charge on any atom is -0.481 e. The SMILES string of the molecule is COCCOC1CN(C(=O)C2CCC2C(=O)O)C1. The summed E-state index contributed by atoms with van der Waals surface area (Å²) < 4.78 is 10.3. The van der Waals surface area contributed by atoms with E-state index in [1.54, 1.807) is 12.0 Å². The van der Waals surface area contributed by atoms with E-state index in [1.165, 1.54) is 0 Å². The van der Waals surface area contributed by atoms with Crippen molar-refractivity contribution in [3.8, 4) is 0 Å². The molecule has 1 saturated carbocycles. The largest absolute Gasteiger partial charge is 0.481 e. The highest BCUT2D eigenvalue weighted by molar-refractivity contribution is 5.86. The van der Waals surface area contributed by atoms with Gasteiger partial charge in [-0.1, -0.05) is 0 Å². The normalized spacial score (nSPS) is 27.5. The zero-order chi connectivity index (χ0) is 13.1. The van der Waals surface area contributed by atoms with Crippen LogP contribution < -0.4 is 0 Å². The van der Waals surface area contributed by atoms with Crippen molar-refractivity contribution in [3.63, 3.8) is 0 Å². The van der Waals surface area contributed by atoms with E-state index >= 15 is 0 Å². The van der Waals surface area contributed by atoms with E-state index in [1.807, 2.05) is 0 Å². The maximum absolute atomic E-state index is 12.0.